The zero-order valence-corrected chi connectivity index (χ0v) is 12.2. The number of hydrogen-bond donors (Lipinski definition) is 1. The molecule has 0 atom stereocenters. The quantitative estimate of drug-likeness (QED) is 0.854. The lowest BCUT2D eigenvalue weighted by Gasteiger charge is -2.08. The van der Waals surface area contributed by atoms with E-state index in [4.69, 9.17) is 4.74 Å². The molecule has 0 aliphatic heterocycles. The van der Waals surface area contributed by atoms with Crippen molar-refractivity contribution in [3.63, 3.8) is 0 Å². The minimum atomic E-state index is -0.376. The summed E-state index contributed by atoms with van der Waals surface area (Å²) in [5.41, 5.74) is 1.35. The van der Waals surface area contributed by atoms with Gasteiger partial charge in [-0.3, -0.25) is 4.79 Å². The molecule has 0 fully saturated rings. The SMILES string of the molecule is CCOC(=O)c1c(NC(=O)C(C)C)sc(C)c1C. The molecular formula is C13H19NO3S. The van der Waals surface area contributed by atoms with Gasteiger partial charge in [-0.05, 0) is 26.3 Å². The van der Waals surface area contributed by atoms with Gasteiger partial charge in [0.15, 0.2) is 0 Å². The summed E-state index contributed by atoms with van der Waals surface area (Å²) in [5, 5.41) is 3.38. The van der Waals surface area contributed by atoms with Crippen molar-refractivity contribution in [2.45, 2.75) is 34.6 Å². The summed E-state index contributed by atoms with van der Waals surface area (Å²) in [6.07, 6.45) is 0. The number of esters is 1. The molecule has 0 aliphatic rings. The number of thiophene rings is 1. The molecule has 4 nitrogen and oxygen atoms in total. The fourth-order valence-corrected chi connectivity index (χ4v) is 2.47. The van der Waals surface area contributed by atoms with E-state index < -0.39 is 0 Å². The van der Waals surface area contributed by atoms with Crippen molar-refractivity contribution in [3.05, 3.63) is 16.0 Å². The largest absolute Gasteiger partial charge is 0.462 e. The van der Waals surface area contributed by atoms with E-state index in [1.165, 1.54) is 11.3 Å². The standard InChI is InChI=1S/C13H19NO3S/c1-6-17-13(16)10-8(4)9(5)18-12(10)14-11(15)7(2)3/h7H,6H2,1-5H3,(H,14,15). The zero-order valence-electron chi connectivity index (χ0n) is 11.4. The maximum atomic E-state index is 11.9. The first-order valence-electron chi connectivity index (χ1n) is 5.96. The number of rotatable bonds is 4. The maximum Gasteiger partial charge on any atom is 0.341 e. The van der Waals surface area contributed by atoms with E-state index in [1.54, 1.807) is 6.92 Å². The molecule has 1 rings (SSSR count). The van der Waals surface area contributed by atoms with Gasteiger partial charge in [0.25, 0.3) is 0 Å². The summed E-state index contributed by atoms with van der Waals surface area (Å²) in [6.45, 7) is 9.50. The number of hydrogen-bond acceptors (Lipinski definition) is 4. The van der Waals surface area contributed by atoms with Crippen LogP contribution < -0.4 is 5.32 Å². The van der Waals surface area contributed by atoms with Crippen LogP contribution in [0.2, 0.25) is 0 Å². The second kappa shape index (κ2) is 6.00. The second-order valence-corrected chi connectivity index (χ2v) is 5.58. The second-order valence-electron chi connectivity index (χ2n) is 4.35. The Morgan fingerprint density at radius 1 is 1.33 bits per heavy atom. The molecule has 0 saturated carbocycles. The summed E-state index contributed by atoms with van der Waals surface area (Å²) >= 11 is 1.41. The number of ether oxygens (including phenoxy) is 1. The molecule has 18 heavy (non-hydrogen) atoms. The average molecular weight is 269 g/mol. The van der Waals surface area contributed by atoms with Gasteiger partial charge in [0, 0.05) is 10.8 Å². The highest BCUT2D eigenvalue weighted by Gasteiger charge is 2.22. The van der Waals surface area contributed by atoms with Crippen LogP contribution in [0.5, 0.6) is 0 Å². The van der Waals surface area contributed by atoms with Gasteiger partial charge in [-0.1, -0.05) is 13.8 Å². The molecule has 0 saturated heterocycles. The van der Waals surface area contributed by atoms with Crippen LogP contribution >= 0.6 is 11.3 Å². The normalized spacial score (nSPS) is 10.6. The molecule has 1 aromatic rings. The molecule has 0 aromatic carbocycles. The summed E-state index contributed by atoms with van der Waals surface area (Å²) in [4.78, 5) is 24.6. The Morgan fingerprint density at radius 2 is 1.94 bits per heavy atom. The number of amides is 1. The fourth-order valence-electron chi connectivity index (χ4n) is 1.42. The van der Waals surface area contributed by atoms with Crippen LogP contribution in [0.3, 0.4) is 0 Å². The molecule has 0 aliphatic carbocycles. The summed E-state index contributed by atoms with van der Waals surface area (Å²) in [6, 6.07) is 0. The van der Waals surface area contributed by atoms with Crippen molar-refractivity contribution in [1.29, 1.82) is 0 Å². The predicted octanol–water partition coefficient (Wildman–Crippen LogP) is 3.14. The Bertz CT molecular complexity index is 463. The first kappa shape index (κ1) is 14.7. The topological polar surface area (TPSA) is 55.4 Å². The average Bonchev–Trinajstić information content (AvgIpc) is 2.54. The van der Waals surface area contributed by atoms with E-state index in [0.717, 1.165) is 10.4 Å². The zero-order chi connectivity index (χ0) is 13.9. The van der Waals surface area contributed by atoms with E-state index in [0.29, 0.717) is 17.2 Å². The van der Waals surface area contributed by atoms with Crippen molar-refractivity contribution in [1.82, 2.24) is 0 Å². The first-order chi connectivity index (χ1) is 8.38. The molecule has 1 aromatic heterocycles. The van der Waals surface area contributed by atoms with Gasteiger partial charge in [0.1, 0.15) is 5.00 Å². The number of aryl methyl sites for hydroxylation is 1. The lowest BCUT2D eigenvalue weighted by Crippen LogP contribution is -2.19. The van der Waals surface area contributed by atoms with Crippen LogP contribution in [0.25, 0.3) is 0 Å². The summed E-state index contributed by atoms with van der Waals surface area (Å²) in [7, 11) is 0. The van der Waals surface area contributed by atoms with Crippen LogP contribution in [0, 0.1) is 19.8 Å². The molecule has 1 N–H and O–H groups in total. The first-order valence-corrected chi connectivity index (χ1v) is 6.78. The van der Waals surface area contributed by atoms with Gasteiger partial charge in [-0.2, -0.15) is 0 Å². The molecule has 0 radical (unpaired) electrons. The van der Waals surface area contributed by atoms with Crippen LogP contribution in [0.4, 0.5) is 5.00 Å². The number of carbonyl (C=O) groups is 2. The van der Waals surface area contributed by atoms with Crippen LogP contribution in [-0.4, -0.2) is 18.5 Å². The minimum Gasteiger partial charge on any atom is -0.462 e. The third kappa shape index (κ3) is 3.10. The van der Waals surface area contributed by atoms with Crippen molar-refractivity contribution in [3.8, 4) is 0 Å². The van der Waals surface area contributed by atoms with Gasteiger partial charge in [-0.25, -0.2) is 4.79 Å². The fraction of sp³-hybridized carbons (Fsp3) is 0.538. The van der Waals surface area contributed by atoms with Crippen LogP contribution in [0.15, 0.2) is 0 Å². The van der Waals surface area contributed by atoms with E-state index >= 15 is 0 Å². The van der Waals surface area contributed by atoms with Crippen molar-refractivity contribution >= 4 is 28.2 Å². The third-order valence-corrected chi connectivity index (χ3v) is 3.75. The Balaban J connectivity index is 3.08. The lowest BCUT2D eigenvalue weighted by molar-refractivity contribution is -0.118. The van der Waals surface area contributed by atoms with Crippen LogP contribution in [-0.2, 0) is 9.53 Å². The number of anilines is 1. The highest BCUT2D eigenvalue weighted by Crippen LogP contribution is 2.33. The Morgan fingerprint density at radius 3 is 2.44 bits per heavy atom. The summed E-state index contributed by atoms with van der Waals surface area (Å²) < 4.78 is 5.02. The summed E-state index contributed by atoms with van der Waals surface area (Å²) in [5.74, 6) is -0.594. The van der Waals surface area contributed by atoms with Gasteiger partial charge in [-0.15, -0.1) is 11.3 Å². The molecule has 100 valence electrons. The van der Waals surface area contributed by atoms with E-state index in [2.05, 4.69) is 5.32 Å². The van der Waals surface area contributed by atoms with Crippen molar-refractivity contribution in [2.75, 3.05) is 11.9 Å². The van der Waals surface area contributed by atoms with Gasteiger partial charge < -0.3 is 10.1 Å². The molecule has 0 unspecified atom stereocenters. The predicted molar refractivity (Wildman–Crippen MR) is 73.2 cm³/mol. The molecule has 1 amide bonds. The van der Waals surface area contributed by atoms with E-state index in [1.807, 2.05) is 27.7 Å². The monoisotopic (exact) mass is 269 g/mol. The molecule has 1 heterocycles. The Labute approximate surface area is 111 Å². The van der Waals surface area contributed by atoms with Crippen molar-refractivity contribution in [2.24, 2.45) is 5.92 Å². The maximum absolute atomic E-state index is 11.9. The molecular weight excluding hydrogens is 250 g/mol. The number of carbonyl (C=O) groups excluding carboxylic acids is 2. The molecule has 5 heteroatoms. The molecule has 0 spiro atoms. The van der Waals surface area contributed by atoms with E-state index in [-0.39, 0.29) is 17.8 Å². The Hall–Kier alpha value is -1.36. The van der Waals surface area contributed by atoms with Gasteiger partial charge >= 0.3 is 5.97 Å². The smallest absolute Gasteiger partial charge is 0.341 e. The highest BCUT2D eigenvalue weighted by molar-refractivity contribution is 7.16. The lowest BCUT2D eigenvalue weighted by atomic mass is 10.1. The van der Waals surface area contributed by atoms with Crippen LogP contribution in [0.1, 0.15) is 41.6 Å². The van der Waals surface area contributed by atoms with Gasteiger partial charge in [0.05, 0.1) is 12.2 Å². The third-order valence-electron chi connectivity index (χ3n) is 2.63. The minimum absolute atomic E-state index is 0.0956. The van der Waals surface area contributed by atoms with Gasteiger partial charge in [0.2, 0.25) is 5.91 Å². The highest BCUT2D eigenvalue weighted by atomic mass is 32.1. The number of nitrogens with one attached hydrogen (secondary N) is 1. The molecule has 0 bridgehead atoms. The Kier molecular flexibility index (Phi) is 4.90. The van der Waals surface area contributed by atoms with E-state index in [9.17, 15) is 9.59 Å². The van der Waals surface area contributed by atoms with Crippen molar-refractivity contribution < 1.29 is 14.3 Å².